The zero-order valence-electron chi connectivity index (χ0n) is 7.09. The van der Waals surface area contributed by atoms with Gasteiger partial charge in [0.2, 0.25) is 0 Å². The highest BCUT2D eigenvalue weighted by atomic mass is 16.3. The Morgan fingerprint density at radius 3 is 2.91 bits per heavy atom. The van der Waals surface area contributed by atoms with Crippen molar-refractivity contribution in [2.45, 2.75) is 31.8 Å². The van der Waals surface area contributed by atoms with E-state index >= 15 is 0 Å². The first-order valence-corrected chi connectivity index (χ1v) is 4.25. The van der Waals surface area contributed by atoms with Gasteiger partial charge in [-0.15, -0.1) is 0 Å². The van der Waals surface area contributed by atoms with Crippen molar-refractivity contribution in [2.24, 2.45) is 5.92 Å². The first-order chi connectivity index (χ1) is 5.20. The van der Waals surface area contributed by atoms with Gasteiger partial charge in [-0.1, -0.05) is 31.7 Å². The maximum absolute atomic E-state index is 9.69. The summed E-state index contributed by atoms with van der Waals surface area (Å²) in [5, 5.41) is 9.69. The van der Waals surface area contributed by atoms with Crippen LogP contribution in [0.2, 0.25) is 0 Å². The monoisotopic (exact) mass is 152 g/mol. The second-order valence-corrected chi connectivity index (χ2v) is 3.26. The average molecular weight is 152 g/mol. The van der Waals surface area contributed by atoms with Crippen molar-refractivity contribution in [3.8, 4) is 0 Å². The quantitative estimate of drug-likeness (QED) is 0.602. The molecular formula is C10H16O. The molecule has 1 heteroatoms. The Morgan fingerprint density at radius 1 is 1.82 bits per heavy atom. The average Bonchev–Trinajstić information content (AvgIpc) is 2.06. The SMILES string of the molecule is C=CC1(O)C=CC(CC)CC1. The van der Waals surface area contributed by atoms with Gasteiger partial charge in [-0.3, -0.25) is 0 Å². The summed E-state index contributed by atoms with van der Waals surface area (Å²) in [7, 11) is 0. The van der Waals surface area contributed by atoms with Gasteiger partial charge in [0.05, 0.1) is 0 Å². The van der Waals surface area contributed by atoms with E-state index < -0.39 is 5.60 Å². The molecule has 1 aliphatic rings. The second kappa shape index (κ2) is 3.22. The van der Waals surface area contributed by atoms with Crippen LogP contribution < -0.4 is 0 Å². The predicted octanol–water partition coefficient (Wildman–Crippen LogP) is 2.28. The molecule has 0 saturated heterocycles. The van der Waals surface area contributed by atoms with E-state index in [0.717, 1.165) is 12.8 Å². The third-order valence-corrected chi connectivity index (χ3v) is 2.45. The van der Waals surface area contributed by atoms with Gasteiger partial charge in [0.15, 0.2) is 0 Å². The van der Waals surface area contributed by atoms with Gasteiger partial charge in [-0.05, 0) is 25.2 Å². The number of aliphatic hydroxyl groups is 1. The summed E-state index contributed by atoms with van der Waals surface area (Å²) in [5.74, 6) is 0.662. The summed E-state index contributed by atoms with van der Waals surface area (Å²) in [6, 6.07) is 0. The maximum Gasteiger partial charge on any atom is 0.101 e. The van der Waals surface area contributed by atoms with Crippen LogP contribution in [0.4, 0.5) is 0 Å². The fraction of sp³-hybridized carbons (Fsp3) is 0.600. The summed E-state index contributed by atoms with van der Waals surface area (Å²) in [4.78, 5) is 0. The van der Waals surface area contributed by atoms with E-state index in [1.807, 2.05) is 6.08 Å². The first kappa shape index (κ1) is 8.54. The predicted molar refractivity (Wildman–Crippen MR) is 47.3 cm³/mol. The molecule has 0 saturated carbocycles. The van der Waals surface area contributed by atoms with Crippen LogP contribution in [0.1, 0.15) is 26.2 Å². The molecule has 62 valence electrons. The highest BCUT2D eigenvalue weighted by Gasteiger charge is 2.23. The second-order valence-electron chi connectivity index (χ2n) is 3.26. The summed E-state index contributed by atoms with van der Waals surface area (Å²) < 4.78 is 0. The molecule has 1 aliphatic carbocycles. The zero-order chi connectivity index (χ0) is 8.32. The van der Waals surface area contributed by atoms with Crippen LogP contribution in [0.3, 0.4) is 0 Å². The standard InChI is InChI=1S/C10H16O/c1-3-9-5-7-10(11,4-2)8-6-9/h4-5,7,9,11H,2-3,6,8H2,1H3. The molecule has 1 N–H and O–H groups in total. The van der Waals surface area contributed by atoms with Gasteiger partial charge in [-0.25, -0.2) is 0 Å². The van der Waals surface area contributed by atoms with E-state index in [2.05, 4.69) is 19.6 Å². The van der Waals surface area contributed by atoms with Crippen molar-refractivity contribution in [3.05, 3.63) is 24.8 Å². The molecule has 0 aliphatic heterocycles. The van der Waals surface area contributed by atoms with Crippen LogP contribution in [0.25, 0.3) is 0 Å². The van der Waals surface area contributed by atoms with Gasteiger partial charge >= 0.3 is 0 Å². The lowest BCUT2D eigenvalue weighted by molar-refractivity contribution is 0.117. The molecule has 0 radical (unpaired) electrons. The Kier molecular flexibility index (Phi) is 2.50. The van der Waals surface area contributed by atoms with Crippen LogP contribution in [-0.2, 0) is 0 Å². The lowest BCUT2D eigenvalue weighted by Crippen LogP contribution is -2.26. The fourth-order valence-corrected chi connectivity index (χ4v) is 1.41. The summed E-state index contributed by atoms with van der Waals surface area (Å²) in [5.41, 5.74) is -0.717. The molecule has 2 unspecified atom stereocenters. The van der Waals surface area contributed by atoms with Gasteiger partial charge < -0.3 is 5.11 Å². The van der Waals surface area contributed by atoms with E-state index in [1.165, 1.54) is 6.42 Å². The Labute approximate surface area is 68.4 Å². The Morgan fingerprint density at radius 2 is 2.55 bits per heavy atom. The molecule has 0 heterocycles. The molecule has 2 atom stereocenters. The molecule has 0 aromatic carbocycles. The molecule has 0 amide bonds. The van der Waals surface area contributed by atoms with E-state index in [9.17, 15) is 5.11 Å². The maximum atomic E-state index is 9.69. The third-order valence-electron chi connectivity index (χ3n) is 2.45. The lowest BCUT2D eigenvalue weighted by Gasteiger charge is -2.27. The van der Waals surface area contributed by atoms with Crippen LogP contribution in [-0.4, -0.2) is 10.7 Å². The van der Waals surface area contributed by atoms with Crippen molar-refractivity contribution in [2.75, 3.05) is 0 Å². The van der Waals surface area contributed by atoms with Crippen molar-refractivity contribution in [1.29, 1.82) is 0 Å². The Bertz CT molecular complexity index is 172. The molecule has 1 rings (SSSR count). The van der Waals surface area contributed by atoms with Crippen molar-refractivity contribution in [3.63, 3.8) is 0 Å². The molecule has 11 heavy (non-hydrogen) atoms. The molecular weight excluding hydrogens is 136 g/mol. The van der Waals surface area contributed by atoms with E-state index in [4.69, 9.17) is 0 Å². The summed E-state index contributed by atoms with van der Waals surface area (Å²) in [6.45, 7) is 5.78. The zero-order valence-corrected chi connectivity index (χ0v) is 7.09. The fourth-order valence-electron chi connectivity index (χ4n) is 1.41. The number of hydrogen-bond donors (Lipinski definition) is 1. The van der Waals surface area contributed by atoms with Gasteiger partial charge in [0.25, 0.3) is 0 Å². The van der Waals surface area contributed by atoms with Gasteiger partial charge in [0.1, 0.15) is 5.60 Å². The minimum absolute atomic E-state index is 0.662. The molecule has 0 bridgehead atoms. The van der Waals surface area contributed by atoms with Crippen LogP contribution >= 0.6 is 0 Å². The molecule has 1 nitrogen and oxygen atoms in total. The summed E-state index contributed by atoms with van der Waals surface area (Å²) >= 11 is 0. The molecule has 0 spiro atoms. The summed E-state index contributed by atoms with van der Waals surface area (Å²) in [6.07, 6.45) is 8.67. The van der Waals surface area contributed by atoms with Crippen LogP contribution in [0.5, 0.6) is 0 Å². The molecule has 0 aromatic heterocycles. The van der Waals surface area contributed by atoms with Gasteiger partial charge in [0, 0.05) is 0 Å². The van der Waals surface area contributed by atoms with Crippen LogP contribution in [0.15, 0.2) is 24.8 Å². The van der Waals surface area contributed by atoms with E-state index in [-0.39, 0.29) is 0 Å². The number of rotatable bonds is 2. The van der Waals surface area contributed by atoms with Gasteiger partial charge in [-0.2, -0.15) is 0 Å². The Hall–Kier alpha value is -0.560. The lowest BCUT2D eigenvalue weighted by atomic mass is 9.84. The highest BCUT2D eigenvalue weighted by Crippen LogP contribution is 2.27. The topological polar surface area (TPSA) is 20.2 Å². The smallest absolute Gasteiger partial charge is 0.101 e. The highest BCUT2D eigenvalue weighted by molar-refractivity contribution is 5.15. The van der Waals surface area contributed by atoms with Crippen LogP contribution in [0, 0.1) is 5.92 Å². The Balaban J connectivity index is 2.61. The number of allylic oxidation sites excluding steroid dienone is 1. The largest absolute Gasteiger partial charge is 0.382 e. The molecule has 0 fully saturated rings. The number of hydrogen-bond acceptors (Lipinski definition) is 1. The van der Waals surface area contributed by atoms with Crippen molar-refractivity contribution < 1.29 is 5.11 Å². The van der Waals surface area contributed by atoms with E-state index in [0.29, 0.717) is 5.92 Å². The van der Waals surface area contributed by atoms with Crippen molar-refractivity contribution in [1.82, 2.24) is 0 Å². The van der Waals surface area contributed by atoms with E-state index in [1.54, 1.807) is 6.08 Å². The third kappa shape index (κ3) is 1.93. The minimum atomic E-state index is -0.717. The molecule has 0 aromatic rings. The normalized spacial score (nSPS) is 37.1. The minimum Gasteiger partial charge on any atom is -0.382 e. The first-order valence-electron chi connectivity index (χ1n) is 4.25. The van der Waals surface area contributed by atoms with Crippen molar-refractivity contribution >= 4 is 0 Å².